The van der Waals surface area contributed by atoms with Crippen molar-refractivity contribution in [2.75, 3.05) is 13.1 Å². The summed E-state index contributed by atoms with van der Waals surface area (Å²) in [5.41, 5.74) is 6.58. The van der Waals surface area contributed by atoms with E-state index in [2.05, 4.69) is 10.4 Å². The molecule has 154 valence electrons. The first-order chi connectivity index (χ1) is 14.5. The lowest BCUT2D eigenvalue weighted by molar-refractivity contribution is 0.0750. The van der Waals surface area contributed by atoms with E-state index in [1.165, 1.54) is 6.42 Å². The highest BCUT2D eigenvalue weighted by molar-refractivity contribution is 6.36. The monoisotopic (exact) mass is 459 g/mol. The minimum absolute atomic E-state index is 0.173. The molecule has 1 saturated heterocycles. The van der Waals surface area contributed by atoms with Crippen LogP contribution in [0.4, 0.5) is 0 Å². The SMILES string of the molecule is O=C(NN1CCCCC1)c1cnc(-c2ccc(Cl)cc2Cl)c(-c2ccc(Cl)cc2)c1. The second-order valence-electron chi connectivity index (χ2n) is 7.24. The number of rotatable bonds is 4. The van der Waals surface area contributed by atoms with Crippen molar-refractivity contribution >= 4 is 40.7 Å². The summed E-state index contributed by atoms with van der Waals surface area (Å²) in [7, 11) is 0. The van der Waals surface area contributed by atoms with Crippen LogP contribution >= 0.6 is 34.8 Å². The Hall–Kier alpha value is -2.11. The fourth-order valence-corrected chi connectivity index (χ4v) is 4.17. The number of hydrogen-bond acceptors (Lipinski definition) is 3. The van der Waals surface area contributed by atoms with E-state index < -0.39 is 0 Å². The Bertz CT molecular complexity index is 1060. The molecule has 4 nitrogen and oxygen atoms in total. The second-order valence-corrected chi connectivity index (χ2v) is 8.52. The van der Waals surface area contributed by atoms with E-state index in [4.69, 9.17) is 34.8 Å². The topological polar surface area (TPSA) is 45.2 Å². The molecule has 1 fully saturated rings. The molecule has 30 heavy (non-hydrogen) atoms. The van der Waals surface area contributed by atoms with Gasteiger partial charge in [0.05, 0.1) is 16.3 Å². The lowest BCUT2D eigenvalue weighted by Gasteiger charge is -2.26. The first-order valence-electron chi connectivity index (χ1n) is 9.78. The van der Waals surface area contributed by atoms with Crippen LogP contribution in [0, 0.1) is 0 Å². The Morgan fingerprint density at radius 1 is 0.867 bits per heavy atom. The van der Waals surface area contributed by atoms with E-state index in [-0.39, 0.29) is 5.91 Å². The molecule has 0 bridgehead atoms. The van der Waals surface area contributed by atoms with E-state index in [1.54, 1.807) is 18.3 Å². The van der Waals surface area contributed by atoms with Crippen LogP contribution in [0.15, 0.2) is 54.7 Å². The first-order valence-corrected chi connectivity index (χ1v) is 10.9. The molecule has 1 aliphatic heterocycles. The normalized spacial score (nSPS) is 14.5. The third-order valence-corrected chi connectivity index (χ3v) is 5.91. The van der Waals surface area contributed by atoms with Crippen molar-refractivity contribution in [2.24, 2.45) is 0 Å². The highest BCUT2D eigenvalue weighted by Crippen LogP contribution is 2.36. The van der Waals surface area contributed by atoms with E-state index in [0.717, 1.165) is 42.6 Å². The smallest absolute Gasteiger partial charge is 0.267 e. The van der Waals surface area contributed by atoms with Crippen LogP contribution in [-0.4, -0.2) is 29.0 Å². The van der Waals surface area contributed by atoms with Crippen LogP contribution in [0.2, 0.25) is 15.1 Å². The third kappa shape index (κ3) is 4.79. The third-order valence-electron chi connectivity index (χ3n) is 5.11. The van der Waals surface area contributed by atoms with Gasteiger partial charge in [0.15, 0.2) is 0 Å². The Labute approximate surface area is 190 Å². The maximum Gasteiger partial charge on any atom is 0.267 e. The standard InChI is InChI=1S/C23H20Cl3N3O/c24-17-6-4-15(5-7-17)20-12-16(23(30)28-29-10-2-1-3-11-29)14-27-22(20)19-9-8-18(25)13-21(19)26/h4-9,12-14H,1-3,10-11H2,(H,28,30). The van der Waals surface area contributed by atoms with Crippen molar-refractivity contribution in [3.05, 3.63) is 75.4 Å². The fourth-order valence-electron chi connectivity index (χ4n) is 3.55. The Morgan fingerprint density at radius 2 is 1.57 bits per heavy atom. The highest BCUT2D eigenvalue weighted by atomic mass is 35.5. The number of amides is 1. The number of hydrogen-bond donors (Lipinski definition) is 1. The minimum atomic E-state index is -0.173. The zero-order valence-electron chi connectivity index (χ0n) is 16.2. The minimum Gasteiger partial charge on any atom is -0.285 e. The van der Waals surface area contributed by atoms with Crippen molar-refractivity contribution in [1.82, 2.24) is 15.4 Å². The predicted molar refractivity (Wildman–Crippen MR) is 123 cm³/mol. The van der Waals surface area contributed by atoms with Crippen LogP contribution in [0.3, 0.4) is 0 Å². The van der Waals surface area contributed by atoms with E-state index in [9.17, 15) is 4.79 Å². The molecular weight excluding hydrogens is 441 g/mol. The van der Waals surface area contributed by atoms with E-state index >= 15 is 0 Å². The maximum absolute atomic E-state index is 12.9. The molecule has 0 spiro atoms. The molecule has 0 aliphatic carbocycles. The Morgan fingerprint density at radius 3 is 2.27 bits per heavy atom. The molecule has 1 aromatic heterocycles. The maximum atomic E-state index is 12.9. The summed E-state index contributed by atoms with van der Waals surface area (Å²) in [6, 6.07) is 14.6. The van der Waals surface area contributed by atoms with Crippen molar-refractivity contribution in [3.63, 3.8) is 0 Å². The molecule has 1 aliphatic rings. The molecular formula is C23H20Cl3N3O. The molecule has 1 N–H and O–H groups in total. The summed E-state index contributed by atoms with van der Waals surface area (Å²) in [5, 5.41) is 3.65. The van der Waals surface area contributed by atoms with Gasteiger partial charge in [-0.1, -0.05) is 53.4 Å². The van der Waals surface area contributed by atoms with Crippen LogP contribution in [0.25, 0.3) is 22.4 Å². The van der Waals surface area contributed by atoms with Gasteiger partial charge in [0.2, 0.25) is 0 Å². The number of benzene rings is 2. The quantitative estimate of drug-likeness (QED) is 0.483. The molecule has 7 heteroatoms. The number of piperidine rings is 1. The number of pyridine rings is 1. The molecule has 1 amide bonds. The molecule has 4 rings (SSSR count). The summed E-state index contributed by atoms with van der Waals surface area (Å²) in [6.45, 7) is 1.73. The van der Waals surface area contributed by atoms with Gasteiger partial charge in [0.1, 0.15) is 0 Å². The molecule has 0 radical (unpaired) electrons. The number of aromatic nitrogens is 1. The van der Waals surface area contributed by atoms with Crippen molar-refractivity contribution < 1.29 is 4.79 Å². The first kappa shape index (κ1) is 21.1. The van der Waals surface area contributed by atoms with Crippen LogP contribution in [-0.2, 0) is 0 Å². The fraction of sp³-hybridized carbons (Fsp3) is 0.217. The number of carbonyl (C=O) groups is 1. The summed E-state index contributed by atoms with van der Waals surface area (Å²) in [5.74, 6) is -0.173. The van der Waals surface area contributed by atoms with E-state index in [0.29, 0.717) is 26.3 Å². The van der Waals surface area contributed by atoms with Crippen LogP contribution in [0.5, 0.6) is 0 Å². The summed E-state index contributed by atoms with van der Waals surface area (Å²) >= 11 is 18.6. The lowest BCUT2D eigenvalue weighted by atomic mass is 9.97. The van der Waals surface area contributed by atoms with Crippen molar-refractivity contribution in [2.45, 2.75) is 19.3 Å². The number of nitrogens with zero attached hydrogens (tertiary/aromatic N) is 2. The average molecular weight is 461 g/mol. The Kier molecular flexibility index (Phi) is 6.59. The zero-order chi connectivity index (χ0) is 21.1. The van der Waals surface area contributed by atoms with Crippen molar-refractivity contribution in [1.29, 1.82) is 0 Å². The van der Waals surface area contributed by atoms with Crippen LogP contribution in [0.1, 0.15) is 29.6 Å². The van der Waals surface area contributed by atoms with Gasteiger partial charge in [-0.25, -0.2) is 5.01 Å². The number of carbonyl (C=O) groups excluding carboxylic acids is 1. The van der Waals surface area contributed by atoms with Gasteiger partial charge >= 0.3 is 0 Å². The number of halogens is 3. The lowest BCUT2D eigenvalue weighted by Crippen LogP contribution is -2.45. The Balaban J connectivity index is 1.75. The van der Waals surface area contributed by atoms with Gasteiger partial charge in [0, 0.05) is 40.5 Å². The largest absolute Gasteiger partial charge is 0.285 e. The average Bonchev–Trinajstić information content (AvgIpc) is 2.75. The van der Waals surface area contributed by atoms with E-state index in [1.807, 2.05) is 41.4 Å². The molecule has 0 unspecified atom stereocenters. The zero-order valence-corrected chi connectivity index (χ0v) is 18.4. The number of hydrazine groups is 1. The summed E-state index contributed by atoms with van der Waals surface area (Å²) < 4.78 is 0. The predicted octanol–water partition coefficient (Wildman–Crippen LogP) is 6.51. The summed E-state index contributed by atoms with van der Waals surface area (Å²) in [6.07, 6.45) is 4.95. The van der Waals surface area contributed by atoms with Gasteiger partial charge in [0.25, 0.3) is 5.91 Å². The van der Waals surface area contributed by atoms with Gasteiger partial charge in [-0.2, -0.15) is 0 Å². The van der Waals surface area contributed by atoms with Gasteiger partial charge < -0.3 is 0 Å². The number of nitrogens with one attached hydrogen (secondary N) is 1. The van der Waals surface area contributed by atoms with Crippen molar-refractivity contribution in [3.8, 4) is 22.4 Å². The molecule has 0 saturated carbocycles. The summed E-state index contributed by atoms with van der Waals surface area (Å²) in [4.78, 5) is 17.5. The molecule has 2 aromatic carbocycles. The highest BCUT2D eigenvalue weighted by Gasteiger charge is 2.18. The second kappa shape index (κ2) is 9.36. The van der Waals surface area contributed by atoms with Gasteiger partial charge in [-0.05, 0) is 54.8 Å². The molecule has 0 atom stereocenters. The molecule has 3 aromatic rings. The van der Waals surface area contributed by atoms with Crippen LogP contribution < -0.4 is 5.43 Å². The molecule has 2 heterocycles. The van der Waals surface area contributed by atoms with Gasteiger partial charge in [-0.3, -0.25) is 15.2 Å². The van der Waals surface area contributed by atoms with Gasteiger partial charge in [-0.15, -0.1) is 0 Å².